The molecule has 0 fully saturated rings. The number of methoxy groups -OCH3 is 2. The van der Waals surface area contributed by atoms with Crippen molar-refractivity contribution in [1.82, 2.24) is 4.90 Å². The first kappa shape index (κ1) is 15.0. The number of hydrogen-bond acceptors (Lipinski definition) is 4. The van der Waals surface area contributed by atoms with Gasteiger partial charge in [-0.15, -0.1) is 6.58 Å². The first-order valence-corrected chi connectivity index (χ1v) is 5.96. The lowest BCUT2D eigenvalue weighted by Crippen LogP contribution is -2.34. The molecule has 5 nitrogen and oxygen atoms in total. The second-order valence-corrected chi connectivity index (χ2v) is 3.99. The lowest BCUT2D eigenvalue weighted by Gasteiger charge is -2.22. The van der Waals surface area contributed by atoms with Crippen LogP contribution >= 0.6 is 0 Å². The minimum absolute atomic E-state index is 0.131. The molecule has 0 aromatic heterocycles. The molecule has 5 heteroatoms. The Morgan fingerprint density at radius 3 is 2.79 bits per heavy atom. The average molecular weight is 264 g/mol. The Balaban J connectivity index is 2.97. The highest BCUT2D eigenvalue weighted by atomic mass is 16.5. The minimum atomic E-state index is -0.131. The fraction of sp³-hybridized carbons (Fsp3) is 0.357. The van der Waals surface area contributed by atoms with Gasteiger partial charge in [-0.1, -0.05) is 6.08 Å². The van der Waals surface area contributed by atoms with E-state index in [1.54, 1.807) is 36.3 Å². The third-order valence-corrected chi connectivity index (χ3v) is 2.66. The van der Waals surface area contributed by atoms with Crippen molar-refractivity contribution in [2.45, 2.75) is 0 Å². The topological polar surface area (TPSA) is 64.8 Å². The lowest BCUT2D eigenvalue weighted by molar-refractivity contribution is 0.0715. The first-order chi connectivity index (χ1) is 9.13. The molecule has 0 unspecified atom stereocenters. The van der Waals surface area contributed by atoms with Gasteiger partial charge in [0.2, 0.25) is 0 Å². The Morgan fingerprint density at radius 1 is 1.47 bits per heavy atom. The van der Waals surface area contributed by atoms with Gasteiger partial charge < -0.3 is 20.1 Å². The highest BCUT2D eigenvalue weighted by Gasteiger charge is 2.18. The summed E-state index contributed by atoms with van der Waals surface area (Å²) in [6.07, 6.45) is 1.68. The highest BCUT2D eigenvalue weighted by Crippen LogP contribution is 2.23. The lowest BCUT2D eigenvalue weighted by atomic mass is 10.1. The van der Waals surface area contributed by atoms with Crippen LogP contribution in [0, 0.1) is 0 Å². The molecule has 19 heavy (non-hydrogen) atoms. The highest BCUT2D eigenvalue weighted by molar-refractivity contribution is 5.97. The van der Waals surface area contributed by atoms with Crippen molar-refractivity contribution in [3.05, 3.63) is 36.4 Å². The predicted molar refractivity (Wildman–Crippen MR) is 75.4 cm³/mol. The standard InChI is InChI=1S/C14H20N2O3/c1-4-7-16(8-9-18-2)14(17)12-6-5-11(15)10-13(12)19-3/h4-6,10H,1,7-9,15H2,2-3H3. The summed E-state index contributed by atoms with van der Waals surface area (Å²) in [6, 6.07) is 4.98. The Kier molecular flexibility index (Phi) is 5.89. The molecule has 0 spiro atoms. The summed E-state index contributed by atoms with van der Waals surface area (Å²) in [6.45, 7) is 5.07. The predicted octanol–water partition coefficient (Wildman–Crippen LogP) is 1.55. The van der Waals surface area contributed by atoms with Gasteiger partial charge in [0.1, 0.15) is 5.75 Å². The molecule has 2 N–H and O–H groups in total. The number of rotatable bonds is 7. The van der Waals surface area contributed by atoms with Gasteiger partial charge in [0, 0.05) is 32.0 Å². The van der Waals surface area contributed by atoms with Crippen molar-refractivity contribution in [3.63, 3.8) is 0 Å². The summed E-state index contributed by atoms with van der Waals surface area (Å²) >= 11 is 0. The molecule has 0 heterocycles. The molecule has 1 aromatic rings. The number of carbonyl (C=O) groups excluding carboxylic acids is 1. The maximum absolute atomic E-state index is 12.4. The van der Waals surface area contributed by atoms with E-state index in [0.29, 0.717) is 36.7 Å². The van der Waals surface area contributed by atoms with E-state index in [1.807, 2.05) is 0 Å². The van der Waals surface area contributed by atoms with Crippen LogP contribution in [-0.2, 0) is 4.74 Å². The number of nitrogens with two attached hydrogens (primary N) is 1. The van der Waals surface area contributed by atoms with Crippen molar-refractivity contribution < 1.29 is 14.3 Å². The Bertz CT molecular complexity index is 446. The molecule has 104 valence electrons. The SMILES string of the molecule is C=CCN(CCOC)C(=O)c1ccc(N)cc1OC. The molecular weight excluding hydrogens is 244 g/mol. The van der Waals surface area contributed by atoms with Gasteiger partial charge >= 0.3 is 0 Å². The van der Waals surface area contributed by atoms with E-state index >= 15 is 0 Å². The number of carbonyl (C=O) groups is 1. The summed E-state index contributed by atoms with van der Waals surface area (Å²) in [5, 5.41) is 0. The van der Waals surface area contributed by atoms with Crippen molar-refractivity contribution in [1.29, 1.82) is 0 Å². The number of nitrogens with zero attached hydrogens (tertiary/aromatic N) is 1. The van der Waals surface area contributed by atoms with Crippen LogP contribution in [-0.4, -0.2) is 44.7 Å². The quantitative estimate of drug-likeness (QED) is 0.599. The zero-order valence-electron chi connectivity index (χ0n) is 11.4. The van der Waals surface area contributed by atoms with Crippen LogP contribution in [0.5, 0.6) is 5.75 Å². The molecule has 0 aliphatic rings. The van der Waals surface area contributed by atoms with E-state index in [1.165, 1.54) is 7.11 Å². The first-order valence-electron chi connectivity index (χ1n) is 5.96. The third-order valence-electron chi connectivity index (χ3n) is 2.66. The van der Waals surface area contributed by atoms with E-state index in [9.17, 15) is 4.79 Å². The molecule has 1 rings (SSSR count). The molecule has 0 bridgehead atoms. The van der Waals surface area contributed by atoms with E-state index in [4.69, 9.17) is 15.2 Å². The van der Waals surface area contributed by atoms with Crippen LogP contribution < -0.4 is 10.5 Å². The van der Waals surface area contributed by atoms with E-state index in [2.05, 4.69) is 6.58 Å². The second kappa shape index (κ2) is 7.43. The Labute approximate surface area is 113 Å². The van der Waals surface area contributed by atoms with Crippen LogP contribution in [0.1, 0.15) is 10.4 Å². The summed E-state index contributed by atoms with van der Waals surface area (Å²) in [5.74, 6) is 0.338. The summed E-state index contributed by atoms with van der Waals surface area (Å²) in [7, 11) is 3.11. The van der Waals surface area contributed by atoms with Crippen molar-refractivity contribution in [2.24, 2.45) is 0 Å². The van der Waals surface area contributed by atoms with E-state index in [-0.39, 0.29) is 5.91 Å². The average Bonchev–Trinajstić information content (AvgIpc) is 2.42. The fourth-order valence-corrected chi connectivity index (χ4v) is 1.69. The third kappa shape index (κ3) is 3.99. The van der Waals surface area contributed by atoms with Gasteiger partial charge in [0.05, 0.1) is 19.3 Å². The number of ether oxygens (including phenoxy) is 2. The number of hydrogen-bond donors (Lipinski definition) is 1. The smallest absolute Gasteiger partial charge is 0.257 e. The summed E-state index contributed by atoms with van der Waals surface area (Å²) in [5.41, 5.74) is 6.71. The summed E-state index contributed by atoms with van der Waals surface area (Å²) < 4.78 is 10.2. The van der Waals surface area contributed by atoms with Gasteiger partial charge in [-0.3, -0.25) is 4.79 Å². The summed E-state index contributed by atoms with van der Waals surface area (Å²) in [4.78, 5) is 14.1. The molecule has 0 saturated heterocycles. The Hall–Kier alpha value is -2.01. The number of anilines is 1. The van der Waals surface area contributed by atoms with Gasteiger partial charge in [0.15, 0.2) is 0 Å². The minimum Gasteiger partial charge on any atom is -0.496 e. The molecule has 0 radical (unpaired) electrons. The zero-order valence-corrected chi connectivity index (χ0v) is 11.4. The van der Waals surface area contributed by atoms with Crippen LogP contribution in [0.4, 0.5) is 5.69 Å². The van der Waals surface area contributed by atoms with Crippen molar-refractivity contribution in [2.75, 3.05) is 39.6 Å². The second-order valence-electron chi connectivity index (χ2n) is 3.99. The normalized spacial score (nSPS) is 10.0. The van der Waals surface area contributed by atoms with Crippen LogP contribution in [0.2, 0.25) is 0 Å². The van der Waals surface area contributed by atoms with Crippen molar-refractivity contribution >= 4 is 11.6 Å². The number of nitrogen functional groups attached to an aromatic ring is 1. The Morgan fingerprint density at radius 2 is 2.21 bits per heavy atom. The molecule has 0 saturated carbocycles. The van der Waals surface area contributed by atoms with Crippen LogP contribution in [0.15, 0.2) is 30.9 Å². The fourth-order valence-electron chi connectivity index (χ4n) is 1.69. The van der Waals surface area contributed by atoms with Gasteiger partial charge in [0.25, 0.3) is 5.91 Å². The van der Waals surface area contributed by atoms with E-state index < -0.39 is 0 Å². The molecule has 1 aromatic carbocycles. The maximum Gasteiger partial charge on any atom is 0.257 e. The monoisotopic (exact) mass is 264 g/mol. The molecule has 1 amide bonds. The van der Waals surface area contributed by atoms with Gasteiger partial charge in [-0.2, -0.15) is 0 Å². The number of benzene rings is 1. The largest absolute Gasteiger partial charge is 0.496 e. The molecule has 0 aliphatic carbocycles. The van der Waals surface area contributed by atoms with Crippen LogP contribution in [0.3, 0.4) is 0 Å². The van der Waals surface area contributed by atoms with E-state index in [0.717, 1.165) is 0 Å². The molecule has 0 atom stereocenters. The van der Waals surface area contributed by atoms with Gasteiger partial charge in [-0.05, 0) is 12.1 Å². The van der Waals surface area contributed by atoms with Crippen LogP contribution in [0.25, 0.3) is 0 Å². The zero-order chi connectivity index (χ0) is 14.3. The molecule has 0 aliphatic heterocycles. The number of amides is 1. The maximum atomic E-state index is 12.4. The van der Waals surface area contributed by atoms with Crippen molar-refractivity contribution in [3.8, 4) is 5.75 Å². The molecular formula is C14H20N2O3. The van der Waals surface area contributed by atoms with Gasteiger partial charge in [-0.25, -0.2) is 0 Å².